The Balaban J connectivity index is 1.60. The van der Waals surface area contributed by atoms with Crippen LogP contribution in [-0.2, 0) is 4.79 Å². The van der Waals surface area contributed by atoms with Gasteiger partial charge in [-0.05, 0) is 73.6 Å². The Morgan fingerprint density at radius 2 is 1.94 bits per heavy atom. The number of carbonyl (C=O) groups excluding carboxylic acids is 2. The fourth-order valence-electron chi connectivity index (χ4n) is 3.11. The van der Waals surface area contributed by atoms with Crippen molar-refractivity contribution < 1.29 is 23.8 Å². The SMILES string of the molecule is CCOc1cc(/C=C2/C(=N)N3N=C(C)SC3=NC2=O)ccc1OC(=O)c1ccc(OC)cc1. The second-order valence-corrected chi connectivity index (χ2v) is 8.06. The first kappa shape index (κ1) is 22.3. The summed E-state index contributed by atoms with van der Waals surface area (Å²) < 4.78 is 16.3. The molecule has 10 heteroatoms. The van der Waals surface area contributed by atoms with Crippen LogP contribution in [0.1, 0.15) is 29.8 Å². The van der Waals surface area contributed by atoms with Gasteiger partial charge in [0.2, 0.25) is 5.17 Å². The Kier molecular flexibility index (Phi) is 6.27. The zero-order valence-electron chi connectivity index (χ0n) is 18.1. The fourth-order valence-corrected chi connectivity index (χ4v) is 3.84. The van der Waals surface area contributed by atoms with Crippen LogP contribution in [0.3, 0.4) is 0 Å². The maximum atomic E-state index is 12.6. The van der Waals surface area contributed by atoms with Crippen molar-refractivity contribution in [1.29, 1.82) is 5.41 Å². The van der Waals surface area contributed by atoms with Gasteiger partial charge in [-0.2, -0.15) is 15.1 Å². The lowest BCUT2D eigenvalue weighted by atomic mass is 10.1. The van der Waals surface area contributed by atoms with Gasteiger partial charge in [-0.15, -0.1) is 0 Å². The maximum Gasteiger partial charge on any atom is 0.343 e. The largest absolute Gasteiger partial charge is 0.497 e. The number of amidine groups is 2. The number of esters is 1. The lowest BCUT2D eigenvalue weighted by Gasteiger charge is -2.20. The summed E-state index contributed by atoms with van der Waals surface area (Å²) in [6.45, 7) is 3.93. The van der Waals surface area contributed by atoms with E-state index in [0.717, 1.165) is 0 Å². The molecule has 0 atom stereocenters. The van der Waals surface area contributed by atoms with Crippen LogP contribution in [-0.4, -0.2) is 46.6 Å². The third-order valence-electron chi connectivity index (χ3n) is 4.66. The number of benzene rings is 2. The lowest BCUT2D eigenvalue weighted by molar-refractivity contribution is -0.114. The number of nitrogens with zero attached hydrogens (tertiary/aromatic N) is 3. The van der Waals surface area contributed by atoms with Gasteiger partial charge < -0.3 is 14.2 Å². The molecule has 2 aromatic carbocycles. The van der Waals surface area contributed by atoms with Crippen LogP contribution in [0, 0.1) is 5.41 Å². The van der Waals surface area contributed by atoms with Crippen molar-refractivity contribution in [2.24, 2.45) is 10.1 Å². The highest BCUT2D eigenvalue weighted by Gasteiger charge is 2.34. The van der Waals surface area contributed by atoms with Crippen LogP contribution >= 0.6 is 11.8 Å². The predicted octanol–water partition coefficient (Wildman–Crippen LogP) is 3.95. The topological polar surface area (TPSA) is 114 Å². The molecule has 2 heterocycles. The van der Waals surface area contributed by atoms with Gasteiger partial charge in [-0.25, -0.2) is 4.79 Å². The van der Waals surface area contributed by atoms with Crippen molar-refractivity contribution in [2.75, 3.05) is 13.7 Å². The van der Waals surface area contributed by atoms with E-state index in [9.17, 15) is 9.59 Å². The van der Waals surface area contributed by atoms with Crippen molar-refractivity contribution in [3.63, 3.8) is 0 Å². The summed E-state index contributed by atoms with van der Waals surface area (Å²) in [5.41, 5.74) is 1.05. The minimum atomic E-state index is -0.546. The standard InChI is InChI=1S/C23H20N4O5S/c1-4-31-19-12-14(11-17-20(24)27-23(25-21(17)28)33-13(2)26-27)5-10-18(19)32-22(29)15-6-8-16(30-3)9-7-15/h5-12,24H,4H2,1-3H3/b17-11-,24-20?. The van der Waals surface area contributed by atoms with Gasteiger partial charge in [0.1, 0.15) is 5.75 Å². The Bertz CT molecular complexity index is 1230. The summed E-state index contributed by atoms with van der Waals surface area (Å²) in [6.07, 6.45) is 1.54. The van der Waals surface area contributed by atoms with Crippen molar-refractivity contribution in [1.82, 2.24) is 5.01 Å². The van der Waals surface area contributed by atoms with Gasteiger partial charge in [0.05, 0.1) is 29.9 Å². The molecule has 0 bridgehead atoms. The number of hydrogen-bond donors (Lipinski definition) is 1. The van der Waals surface area contributed by atoms with E-state index < -0.39 is 11.9 Å². The minimum Gasteiger partial charge on any atom is -0.497 e. The molecule has 4 rings (SSSR count). The average molecular weight is 465 g/mol. The van der Waals surface area contributed by atoms with E-state index >= 15 is 0 Å². The van der Waals surface area contributed by atoms with Gasteiger partial charge in [-0.3, -0.25) is 10.2 Å². The quantitative estimate of drug-likeness (QED) is 0.391. The van der Waals surface area contributed by atoms with Crippen LogP contribution in [0.25, 0.3) is 6.08 Å². The van der Waals surface area contributed by atoms with Gasteiger partial charge in [0, 0.05) is 0 Å². The monoisotopic (exact) mass is 464 g/mol. The van der Waals surface area contributed by atoms with Crippen LogP contribution in [0.4, 0.5) is 0 Å². The molecular weight excluding hydrogens is 444 g/mol. The molecule has 0 unspecified atom stereocenters. The van der Waals surface area contributed by atoms with Gasteiger partial charge >= 0.3 is 5.97 Å². The highest BCUT2D eigenvalue weighted by atomic mass is 32.2. The molecule has 2 aromatic rings. The Labute approximate surface area is 194 Å². The second kappa shape index (κ2) is 9.29. The van der Waals surface area contributed by atoms with E-state index in [1.54, 1.807) is 56.5 Å². The molecule has 0 saturated heterocycles. The Hall–Kier alpha value is -3.92. The van der Waals surface area contributed by atoms with Crippen molar-refractivity contribution in [3.8, 4) is 17.2 Å². The Morgan fingerprint density at radius 1 is 1.18 bits per heavy atom. The summed E-state index contributed by atoms with van der Waals surface area (Å²) in [7, 11) is 1.55. The molecular formula is C23H20N4O5S. The molecule has 168 valence electrons. The summed E-state index contributed by atoms with van der Waals surface area (Å²) in [4.78, 5) is 29.1. The first-order valence-electron chi connectivity index (χ1n) is 9.99. The van der Waals surface area contributed by atoms with E-state index in [0.29, 0.717) is 39.4 Å². The predicted molar refractivity (Wildman–Crippen MR) is 126 cm³/mol. The van der Waals surface area contributed by atoms with Crippen LogP contribution < -0.4 is 14.2 Å². The number of rotatable bonds is 6. The highest BCUT2D eigenvalue weighted by Crippen LogP contribution is 2.32. The molecule has 0 fully saturated rings. The number of fused-ring (bicyclic) bond motifs is 1. The van der Waals surface area contributed by atoms with Gasteiger partial charge in [0.15, 0.2) is 17.3 Å². The number of nitrogens with one attached hydrogen (secondary N) is 1. The van der Waals surface area contributed by atoms with E-state index in [1.807, 2.05) is 6.92 Å². The molecule has 0 radical (unpaired) electrons. The second-order valence-electron chi connectivity index (χ2n) is 6.90. The number of ether oxygens (including phenoxy) is 3. The van der Waals surface area contributed by atoms with Gasteiger partial charge in [-0.1, -0.05) is 6.07 Å². The lowest BCUT2D eigenvalue weighted by Crippen LogP contribution is -2.35. The average Bonchev–Trinajstić information content (AvgIpc) is 3.18. The van der Waals surface area contributed by atoms with E-state index in [-0.39, 0.29) is 17.2 Å². The Morgan fingerprint density at radius 3 is 2.64 bits per heavy atom. The van der Waals surface area contributed by atoms with Crippen molar-refractivity contribution in [2.45, 2.75) is 13.8 Å². The molecule has 0 aromatic heterocycles. The molecule has 0 saturated carbocycles. The number of hydrogen-bond acceptors (Lipinski definition) is 8. The third-order valence-corrected chi connectivity index (χ3v) is 5.49. The van der Waals surface area contributed by atoms with Crippen molar-refractivity contribution in [3.05, 3.63) is 59.2 Å². The number of aliphatic imine (C=N–C) groups is 1. The molecule has 1 N–H and O–H groups in total. The number of hydrazone groups is 1. The van der Waals surface area contributed by atoms with E-state index in [2.05, 4.69) is 10.1 Å². The molecule has 0 aliphatic carbocycles. The van der Waals surface area contributed by atoms with Gasteiger partial charge in [0.25, 0.3) is 5.91 Å². The third kappa shape index (κ3) is 4.65. The maximum absolute atomic E-state index is 12.6. The van der Waals surface area contributed by atoms with Crippen LogP contribution in [0.5, 0.6) is 17.2 Å². The first-order chi connectivity index (χ1) is 15.9. The van der Waals surface area contributed by atoms with Crippen LogP contribution in [0.15, 0.2) is 58.1 Å². The van der Waals surface area contributed by atoms with E-state index in [4.69, 9.17) is 19.6 Å². The summed E-state index contributed by atoms with van der Waals surface area (Å²) in [5.74, 6) is 0.0840. The van der Waals surface area contributed by atoms with Crippen molar-refractivity contribution >= 4 is 45.8 Å². The fraction of sp³-hybridized carbons (Fsp3) is 0.174. The van der Waals surface area contributed by atoms with Crippen LogP contribution in [0.2, 0.25) is 0 Å². The summed E-state index contributed by atoms with van der Waals surface area (Å²) in [5, 5.41) is 15.0. The minimum absolute atomic E-state index is 0.0534. The zero-order valence-corrected chi connectivity index (χ0v) is 18.9. The molecule has 1 amide bonds. The number of carbonyl (C=O) groups is 2. The molecule has 2 aliphatic rings. The first-order valence-corrected chi connectivity index (χ1v) is 10.8. The number of amides is 1. The summed E-state index contributed by atoms with van der Waals surface area (Å²) >= 11 is 1.24. The number of methoxy groups -OCH3 is 1. The highest BCUT2D eigenvalue weighted by molar-refractivity contribution is 8.26. The summed E-state index contributed by atoms with van der Waals surface area (Å²) in [6, 6.07) is 11.4. The molecule has 9 nitrogen and oxygen atoms in total. The molecule has 2 aliphatic heterocycles. The molecule has 0 spiro atoms. The normalized spacial score (nSPS) is 16.3. The number of thioether (sulfide) groups is 1. The zero-order chi connectivity index (χ0) is 23.5. The van der Waals surface area contributed by atoms with E-state index in [1.165, 1.54) is 22.8 Å². The molecule has 33 heavy (non-hydrogen) atoms. The smallest absolute Gasteiger partial charge is 0.343 e.